The second-order valence-electron chi connectivity index (χ2n) is 24.5. The lowest BCUT2D eigenvalue weighted by Crippen LogP contribution is -2.58. The Labute approximate surface area is 679 Å². The average Bonchev–Trinajstić information content (AvgIpc) is 1.01. The number of rotatable bonds is 12. The zero-order valence-corrected chi connectivity index (χ0v) is 67.8. The van der Waals surface area contributed by atoms with Gasteiger partial charge in [-0.25, -0.2) is 161 Å². The third kappa shape index (κ3) is 33.7. The number of benzene rings is 4. The van der Waals surface area contributed by atoms with Gasteiger partial charge in [0.15, 0.2) is 116 Å². The molecule has 0 amide bonds. The molecule has 0 fully saturated rings. The largest absolute Gasteiger partial charge is 0.889 e. The van der Waals surface area contributed by atoms with Crippen molar-refractivity contribution in [3.63, 3.8) is 0 Å². The van der Waals surface area contributed by atoms with E-state index in [2.05, 4.69) is 192 Å². The van der Waals surface area contributed by atoms with Crippen LogP contribution in [0.2, 0.25) is 0 Å². The minimum atomic E-state index is -3.26. The Morgan fingerprint density at radius 3 is 0.317 bits per heavy atom. The van der Waals surface area contributed by atoms with E-state index in [-0.39, 0.29) is 0 Å². The maximum absolute atomic E-state index is 12.5. The summed E-state index contributed by atoms with van der Waals surface area (Å²) in [6.45, 7) is 25.5. The van der Waals surface area contributed by atoms with Crippen LogP contribution in [0.3, 0.4) is 0 Å². The van der Waals surface area contributed by atoms with E-state index in [9.17, 15) is 128 Å². The van der Waals surface area contributed by atoms with Gasteiger partial charge in [-0.05, 0) is 77.2 Å². The van der Waals surface area contributed by atoms with E-state index in [4.69, 9.17) is 0 Å². The molecule has 0 aliphatic carbocycles. The zero-order chi connectivity index (χ0) is 92.0. The summed E-state index contributed by atoms with van der Waals surface area (Å²) in [6.07, 6.45) is 49.1. The van der Waals surface area contributed by atoms with Gasteiger partial charge in [-0.1, -0.05) is 28.5 Å². The molecule has 0 bridgehead atoms. The summed E-state index contributed by atoms with van der Waals surface area (Å²) in [5.74, 6) is -47.0. The van der Waals surface area contributed by atoms with E-state index in [1.165, 1.54) is 0 Å². The number of hydrogen-bond donors (Lipinski definition) is 0. The number of nitrogens with zero attached hydrogens (tertiary/aromatic N) is 16. The third-order valence-electron chi connectivity index (χ3n) is 15.4. The summed E-state index contributed by atoms with van der Waals surface area (Å²) in [7, 11) is 3.10. The molecular formula is C72H88B4F20N16O8. The Morgan fingerprint density at radius 2 is 0.267 bits per heavy atom. The van der Waals surface area contributed by atoms with Crippen LogP contribution in [-0.4, -0.2) is 65.0 Å². The van der Waals surface area contributed by atoms with Crippen LogP contribution in [0.25, 0.3) is 0 Å². The van der Waals surface area contributed by atoms with Crippen molar-refractivity contribution >= 4 is 50.3 Å². The van der Waals surface area contributed by atoms with E-state index in [0.717, 1.165) is 52.4 Å². The number of hydrogen-bond acceptors (Lipinski definition) is 8. The smallest absolute Gasteiger partial charge is 0.243 e. The molecule has 0 spiro atoms. The highest BCUT2D eigenvalue weighted by Crippen LogP contribution is 2.19. The summed E-state index contributed by atoms with van der Waals surface area (Å²) in [4.78, 5) is 0. The Balaban J connectivity index is 0.000000660. The van der Waals surface area contributed by atoms with Crippen LogP contribution in [0.1, 0.15) is 55.4 Å². The second kappa shape index (κ2) is 52.9. The predicted octanol–water partition coefficient (Wildman–Crippen LogP) is -2.15. The molecule has 120 heavy (non-hydrogen) atoms. The molecule has 0 aliphatic heterocycles. The predicted molar refractivity (Wildman–Crippen MR) is 377 cm³/mol. The molecule has 0 unspecified atom stereocenters. The van der Waals surface area contributed by atoms with Crippen molar-refractivity contribution < 1.29 is 165 Å². The number of imidazole rings is 8. The van der Waals surface area contributed by atoms with E-state index < -0.39 is 167 Å². The quantitative estimate of drug-likeness (QED) is 0.0428. The van der Waals surface area contributed by atoms with Gasteiger partial charge in [-0.15, -0.1) is 0 Å². The van der Waals surface area contributed by atoms with Gasteiger partial charge in [0.2, 0.25) is 50.6 Å². The summed E-state index contributed by atoms with van der Waals surface area (Å²) >= 11 is 0. The molecule has 12 aromatic rings. The highest BCUT2D eigenvalue weighted by atomic mass is 19.2. The first-order chi connectivity index (χ1) is 56.1. The van der Waals surface area contributed by atoms with Crippen molar-refractivity contribution in [2.75, 3.05) is 0 Å². The van der Waals surface area contributed by atoms with E-state index in [0.29, 0.717) is 0 Å². The Kier molecular flexibility index (Phi) is 47.2. The molecule has 0 aliphatic rings. The second-order valence-corrected chi connectivity index (χ2v) is 24.5. The van der Waals surface area contributed by atoms with Crippen LogP contribution in [0.15, 0.2) is 150 Å². The Morgan fingerprint density at radius 1 is 0.183 bits per heavy atom. The van der Waals surface area contributed by atoms with Gasteiger partial charge in [0, 0.05) is 0 Å². The van der Waals surface area contributed by atoms with Gasteiger partial charge in [0.05, 0.1) is 109 Å². The third-order valence-corrected chi connectivity index (χ3v) is 15.4. The van der Waals surface area contributed by atoms with Crippen LogP contribution >= 0.6 is 0 Å². The maximum Gasteiger partial charge on any atom is 0.243 e. The van der Waals surface area contributed by atoms with Crippen LogP contribution in [0.5, 0.6) is 0 Å². The first-order valence-electron chi connectivity index (χ1n) is 35.5. The number of halogens is 20. The van der Waals surface area contributed by atoms with Gasteiger partial charge in [0.1, 0.15) is 99.1 Å². The first kappa shape index (κ1) is 107. The summed E-state index contributed by atoms with van der Waals surface area (Å²) in [5, 5.41) is 80.8. The topological polar surface area (TPSA) is 255 Å². The molecule has 0 N–H and O–H groups in total. The van der Waals surface area contributed by atoms with Crippen LogP contribution < -0.4 is 98.6 Å². The van der Waals surface area contributed by atoms with Gasteiger partial charge < -0.3 is 40.2 Å². The van der Waals surface area contributed by atoms with Crippen molar-refractivity contribution in [3.8, 4) is 0 Å². The fourth-order valence-electron chi connectivity index (χ4n) is 8.83. The van der Waals surface area contributed by atoms with E-state index >= 15 is 0 Å². The van der Waals surface area contributed by atoms with E-state index in [1.807, 2.05) is 142 Å². The van der Waals surface area contributed by atoms with Crippen molar-refractivity contribution in [2.24, 2.45) is 56.4 Å². The van der Waals surface area contributed by atoms with Crippen LogP contribution in [0.4, 0.5) is 87.8 Å². The molecule has 8 aromatic heterocycles. The molecule has 0 radical (unpaired) electrons. The zero-order valence-electron chi connectivity index (χ0n) is 67.8. The molecule has 24 nitrogen and oxygen atoms in total. The summed E-state index contributed by atoms with van der Waals surface area (Å²) in [5.41, 5.74) is -7.55. The summed E-state index contributed by atoms with van der Waals surface area (Å²) in [6, 6.07) is 0. The monoisotopic (exact) mass is 1730 g/mol. The van der Waals surface area contributed by atoms with Crippen LogP contribution in [-0.2, 0) is 109 Å². The van der Waals surface area contributed by atoms with Crippen LogP contribution in [0, 0.1) is 116 Å². The van der Waals surface area contributed by atoms with Gasteiger partial charge >= 0.3 is 0 Å². The molecule has 0 saturated heterocycles. The fraction of sp³-hybridized carbons (Fsp3) is 0.333. The molecule has 4 aromatic carbocycles. The SMILES string of the molecule is CCn1cc[n+](C)c1.CCn1cc[n+](C)c1.CCn1cc[n+](C)c1.CCn1cc[n+](C)c1.CCn1cc[n+](C)c1.CCn1cc[n+](C)c1.CCn1cc[n+](C)c1.CCn1cc[n+](C)c1.[O-]B([O-])c1c(F)c(F)c(F)c(F)c1F.[O-]B([O-])c1c(F)c(F)c(F)c(F)c1F.[O-]B([O-])c1c(F)c(F)c(F)c(F)c1F.[O-]B([O-])c1c(F)c(F)c(F)c(F)c1F. The van der Waals surface area contributed by atoms with Crippen molar-refractivity contribution in [3.05, 3.63) is 266 Å². The lowest BCUT2D eigenvalue weighted by molar-refractivity contribution is -0.671. The molecule has 48 heteroatoms. The minimum absolute atomic E-state index is 1.06. The first-order valence-corrected chi connectivity index (χ1v) is 35.5. The fourth-order valence-corrected chi connectivity index (χ4v) is 8.83. The Hall–Kier alpha value is -10.9. The van der Waals surface area contributed by atoms with Crippen molar-refractivity contribution in [1.82, 2.24) is 36.5 Å². The standard InChI is InChI=1S/4C6BF5O2.8C6H11N2/c4*8-2-1(7(13)14)3(9)5(11)6(12)4(2)10;8*1-3-8-5-4-7(2)6-8/h;;;;8*4-6H,3H2,1-2H3/q4*-2;8*+1. The van der Waals surface area contributed by atoms with Crippen molar-refractivity contribution in [1.29, 1.82) is 0 Å². The maximum atomic E-state index is 12.5. The molecular weight excluding hydrogens is 1640 g/mol. The minimum Gasteiger partial charge on any atom is -0.889 e. The number of aromatic nitrogens is 16. The average molecular weight is 1730 g/mol. The van der Waals surface area contributed by atoms with E-state index in [1.54, 1.807) is 0 Å². The number of aryl methyl sites for hydroxylation is 16. The summed E-state index contributed by atoms with van der Waals surface area (Å²) < 4.78 is 281. The molecule has 0 saturated carbocycles. The molecule has 8 heterocycles. The van der Waals surface area contributed by atoms with Gasteiger partial charge in [0.25, 0.3) is 0 Å². The molecule has 12 rings (SSSR count). The highest BCUT2D eigenvalue weighted by molar-refractivity contribution is 6.56. The van der Waals surface area contributed by atoms with Gasteiger partial charge in [-0.2, -0.15) is 0 Å². The highest BCUT2D eigenvalue weighted by Gasteiger charge is 2.27. The van der Waals surface area contributed by atoms with Gasteiger partial charge in [-0.3, -0.25) is 0 Å². The molecule has 656 valence electrons. The van der Waals surface area contributed by atoms with Crippen molar-refractivity contribution in [2.45, 2.75) is 108 Å². The Bertz CT molecular complexity index is 4190. The lowest BCUT2D eigenvalue weighted by atomic mass is 9.79. The lowest BCUT2D eigenvalue weighted by Gasteiger charge is -2.27. The molecule has 0 atom stereocenters. The normalized spacial score (nSPS) is 10.1.